The molecule has 2 aromatic carbocycles. The van der Waals surface area contributed by atoms with Gasteiger partial charge in [-0.15, -0.1) is 0 Å². The fourth-order valence-electron chi connectivity index (χ4n) is 6.55. The predicted octanol–water partition coefficient (Wildman–Crippen LogP) is 3.63. The van der Waals surface area contributed by atoms with E-state index in [0.717, 1.165) is 6.42 Å². The monoisotopic (exact) mass is 375 g/mol. The van der Waals surface area contributed by atoms with Gasteiger partial charge in [0.1, 0.15) is 6.61 Å². The molecule has 28 heavy (non-hydrogen) atoms. The average molecular weight is 375 g/mol. The number of ether oxygens (including phenoxy) is 1. The van der Waals surface area contributed by atoms with E-state index in [9.17, 15) is 14.7 Å². The maximum atomic E-state index is 12.5. The standard InChI is InChI=1S/C23H21NO4/c25-21(26)23-10-12-9-18(23)19(23)20(12)24-22(27)28-11-17-15-7-3-1-5-13(15)14-6-2-4-8-16(14)17/h1-8,12,17-20H,9-11H2,(H,24,27)(H,25,26). The summed E-state index contributed by atoms with van der Waals surface area (Å²) in [6.45, 7) is 0.287. The van der Waals surface area contributed by atoms with Crippen molar-refractivity contribution in [1.82, 2.24) is 5.32 Å². The summed E-state index contributed by atoms with van der Waals surface area (Å²) >= 11 is 0. The van der Waals surface area contributed by atoms with Crippen LogP contribution in [0.3, 0.4) is 0 Å². The van der Waals surface area contributed by atoms with Crippen LogP contribution in [0.4, 0.5) is 4.79 Å². The Hall–Kier alpha value is -2.82. The number of carbonyl (C=O) groups excluding carboxylic acids is 1. The number of alkyl carbamates (subject to hydrolysis) is 1. The fourth-order valence-corrected chi connectivity index (χ4v) is 6.55. The number of carboxylic acids is 1. The van der Waals surface area contributed by atoms with Gasteiger partial charge in [-0.3, -0.25) is 4.79 Å². The number of nitrogens with one attached hydrogen (secondary N) is 1. The minimum Gasteiger partial charge on any atom is -0.481 e. The van der Waals surface area contributed by atoms with Gasteiger partial charge in [0.15, 0.2) is 0 Å². The number of rotatable bonds is 4. The lowest BCUT2D eigenvalue weighted by molar-refractivity contribution is -0.143. The van der Waals surface area contributed by atoms with Gasteiger partial charge < -0.3 is 15.2 Å². The van der Waals surface area contributed by atoms with Crippen molar-refractivity contribution in [1.29, 1.82) is 0 Å². The van der Waals surface area contributed by atoms with Crippen molar-refractivity contribution in [2.45, 2.75) is 24.8 Å². The van der Waals surface area contributed by atoms with Crippen molar-refractivity contribution < 1.29 is 19.4 Å². The highest BCUT2D eigenvalue weighted by atomic mass is 16.5. The molecule has 4 saturated carbocycles. The minimum atomic E-state index is -0.693. The van der Waals surface area contributed by atoms with Crippen molar-refractivity contribution in [2.24, 2.45) is 23.2 Å². The quantitative estimate of drug-likeness (QED) is 0.856. The molecule has 7 rings (SSSR count). The number of amides is 1. The lowest BCUT2D eigenvalue weighted by atomic mass is 9.98. The SMILES string of the molecule is O=C(NC1C2CC3C1C3(C(=O)O)C2)OCC1c2ccccc2-c2ccccc21. The van der Waals surface area contributed by atoms with Gasteiger partial charge >= 0.3 is 12.1 Å². The molecule has 0 spiro atoms. The Labute approximate surface area is 162 Å². The zero-order chi connectivity index (χ0) is 19.0. The van der Waals surface area contributed by atoms with Crippen LogP contribution in [0.25, 0.3) is 11.1 Å². The first-order chi connectivity index (χ1) is 13.6. The molecular weight excluding hydrogens is 354 g/mol. The third-order valence-corrected chi connectivity index (χ3v) is 7.66. The van der Waals surface area contributed by atoms with Gasteiger partial charge in [-0.1, -0.05) is 48.5 Å². The van der Waals surface area contributed by atoms with Crippen LogP contribution in [0.15, 0.2) is 48.5 Å². The van der Waals surface area contributed by atoms with Gasteiger partial charge in [0.25, 0.3) is 0 Å². The Morgan fingerprint density at radius 1 is 1.07 bits per heavy atom. The molecule has 0 heterocycles. The molecule has 5 nitrogen and oxygen atoms in total. The second-order valence-corrected chi connectivity index (χ2v) is 8.67. The molecule has 1 amide bonds. The first-order valence-electron chi connectivity index (χ1n) is 9.96. The summed E-state index contributed by atoms with van der Waals surface area (Å²) in [7, 11) is 0. The average Bonchev–Trinajstić information content (AvgIpc) is 3.11. The van der Waals surface area contributed by atoms with Crippen molar-refractivity contribution in [3.05, 3.63) is 59.7 Å². The van der Waals surface area contributed by atoms with Crippen LogP contribution >= 0.6 is 0 Å². The van der Waals surface area contributed by atoms with E-state index in [1.165, 1.54) is 22.3 Å². The molecule has 5 aliphatic rings. The maximum Gasteiger partial charge on any atom is 0.407 e. The van der Waals surface area contributed by atoms with Crippen molar-refractivity contribution in [2.75, 3.05) is 6.61 Å². The summed E-state index contributed by atoms with van der Waals surface area (Å²) in [4.78, 5) is 24.1. The molecule has 4 fully saturated rings. The first-order valence-corrected chi connectivity index (χ1v) is 9.96. The molecule has 0 saturated heterocycles. The second-order valence-electron chi connectivity index (χ2n) is 8.67. The molecule has 2 N–H and O–H groups in total. The van der Waals surface area contributed by atoms with Crippen LogP contribution in [-0.4, -0.2) is 29.8 Å². The molecule has 0 radical (unpaired) electrons. The molecule has 2 aromatic rings. The lowest BCUT2D eigenvalue weighted by Crippen LogP contribution is -2.38. The second kappa shape index (κ2) is 5.37. The van der Waals surface area contributed by atoms with Crippen LogP contribution in [0.5, 0.6) is 0 Å². The maximum absolute atomic E-state index is 12.5. The number of carboxylic acid groups (broad SMARTS) is 1. The highest BCUT2D eigenvalue weighted by Gasteiger charge is 2.82. The first kappa shape index (κ1) is 16.2. The van der Waals surface area contributed by atoms with Gasteiger partial charge in [0, 0.05) is 12.0 Å². The van der Waals surface area contributed by atoms with Crippen LogP contribution in [0, 0.1) is 23.2 Å². The highest BCUT2D eigenvalue weighted by molar-refractivity contribution is 5.83. The Bertz CT molecular complexity index is 972. The van der Waals surface area contributed by atoms with Gasteiger partial charge in [0.2, 0.25) is 0 Å². The Morgan fingerprint density at radius 2 is 1.71 bits per heavy atom. The van der Waals surface area contributed by atoms with E-state index in [-0.39, 0.29) is 36.3 Å². The van der Waals surface area contributed by atoms with Crippen LogP contribution < -0.4 is 5.32 Å². The molecule has 4 bridgehead atoms. The third-order valence-electron chi connectivity index (χ3n) is 7.66. The zero-order valence-electron chi connectivity index (χ0n) is 15.3. The number of benzene rings is 2. The topological polar surface area (TPSA) is 75.6 Å². The summed E-state index contributed by atoms with van der Waals surface area (Å²) in [5, 5.41) is 12.5. The number of aliphatic carboxylic acids is 1. The number of carbonyl (C=O) groups is 2. The van der Waals surface area contributed by atoms with E-state index in [1.54, 1.807) is 0 Å². The number of hydrogen-bond donors (Lipinski definition) is 2. The normalized spacial score (nSPS) is 33.3. The van der Waals surface area contributed by atoms with E-state index in [4.69, 9.17) is 4.74 Å². The summed E-state index contributed by atoms with van der Waals surface area (Å²) < 4.78 is 5.63. The van der Waals surface area contributed by atoms with Crippen LogP contribution in [-0.2, 0) is 9.53 Å². The number of hydrogen-bond acceptors (Lipinski definition) is 3. The number of fused-ring (bicyclic) bond motifs is 3. The van der Waals surface area contributed by atoms with Crippen LogP contribution in [0.2, 0.25) is 0 Å². The largest absolute Gasteiger partial charge is 0.481 e. The van der Waals surface area contributed by atoms with Crippen molar-refractivity contribution in [3.63, 3.8) is 0 Å². The van der Waals surface area contributed by atoms with E-state index >= 15 is 0 Å². The molecule has 5 aliphatic carbocycles. The zero-order valence-corrected chi connectivity index (χ0v) is 15.3. The molecule has 5 unspecified atom stereocenters. The van der Waals surface area contributed by atoms with E-state index in [1.807, 2.05) is 24.3 Å². The van der Waals surface area contributed by atoms with E-state index in [0.29, 0.717) is 6.42 Å². The molecular formula is C23H21NO4. The van der Waals surface area contributed by atoms with E-state index < -0.39 is 17.5 Å². The Morgan fingerprint density at radius 3 is 2.29 bits per heavy atom. The molecule has 142 valence electrons. The van der Waals surface area contributed by atoms with Crippen molar-refractivity contribution >= 4 is 12.1 Å². The van der Waals surface area contributed by atoms with Gasteiger partial charge in [-0.2, -0.15) is 0 Å². The summed E-state index contributed by atoms with van der Waals surface area (Å²) in [5.74, 6) is -0.0350. The summed E-state index contributed by atoms with van der Waals surface area (Å²) in [6, 6.07) is 16.5. The summed E-state index contributed by atoms with van der Waals surface area (Å²) in [6.07, 6.45) is 1.20. The molecule has 0 aromatic heterocycles. The lowest BCUT2D eigenvalue weighted by Gasteiger charge is -2.19. The minimum absolute atomic E-state index is 0.0365. The van der Waals surface area contributed by atoms with Gasteiger partial charge in [-0.25, -0.2) is 4.79 Å². The Kier molecular flexibility index (Phi) is 3.10. The fraction of sp³-hybridized carbons (Fsp3) is 0.391. The van der Waals surface area contributed by atoms with Gasteiger partial charge in [-0.05, 0) is 52.8 Å². The Balaban J connectivity index is 1.16. The highest BCUT2D eigenvalue weighted by Crippen LogP contribution is 2.79. The van der Waals surface area contributed by atoms with E-state index in [2.05, 4.69) is 29.6 Å². The molecule has 5 atom stereocenters. The summed E-state index contributed by atoms with van der Waals surface area (Å²) in [5.41, 5.74) is 4.21. The van der Waals surface area contributed by atoms with Crippen LogP contribution in [0.1, 0.15) is 29.9 Å². The molecule has 0 aliphatic heterocycles. The smallest absolute Gasteiger partial charge is 0.407 e. The molecule has 5 heteroatoms. The van der Waals surface area contributed by atoms with Gasteiger partial charge in [0.05, 0.1) is 5.41 Å². The predicted molar refractivity (Wildman–Crippen MR) is 102 cm³/mol. The van der Waals surface area contributed by atoms with Crippen molar-refractivity contribution in [3.8, 4) is 11.1 Å². The third kappa shape index (κ3) is 1.91.